The van der Waals surface area contributed by atoms with Crippen LogP contribution in [0.2, 0.25) is 0 Å². The van der Waals surface area contributed by atoms with E-state index in [-0.39, 0.29) is 5.57 Å². The normalized spacial score (nSPS) is 15.7. The smallest absolute Gasteiger partial charge is 0.267 e. The molecule has 6 heteroatoms. The standard InChI is InChI=1S/C17H22N4O2/c1-14-4-2-3-5-16(14)20-17(22)15(12-18)13-19-6-7-21-8-10-23-11-9-21/h2-5,13,19H,6-11H2,1H3,(H,20,22)/b15-13-. The maximum atomic E-state index is 12.1. The van der Waals surface area contributed by atoms with Gasteiger partial charge in [0.15, 0.2) is 0 Å². The second-order valence-corrected chi connectivity index (χ2v) is 5.35. The lowest BCUT2D eigenvalue weighted by molar-refractivity contribution is -0.112. The van der Waals surface area contributed by atoms with Gasteiger partial charge in [-0.25, -0.2) is 0 Å². The largest absolute Gasteiger partial charge is 0.388 e. The summed E-state index contributed by atoms with van der Waals surface area (Å²) in [6, 6.07) is 9.40. The minimum atomic E-state index is -0.402. The SMILES string of the molecule is Cc1ccccc1NC(=O)/C(C#N)=C\NCCN1CCOCC1. The molecular formula is C17H22N4O2. The van der Waals surface area contributed by atoms with E-state index in [1.54, 1.807) is 0 Å². The molecule has 0 bridgehead atoms. The number of carbonyl (C=O) groups is 1. The lowest BCUT2D eigenvalue weighted by Crippen LogP contribution is -2.39. The molecule has 0 atom stereocenters. The third kappa shape index (κ3) is 5.40. The van der Waals surface area contributed by atoms with Crippen LogP contribution in [0, 0.1) is 18.3 Å². The van der Waals surface area contributed by atoms with E-state index in [1.807, 2.05) is 37.3 Å². The quantitative estimate of drug-likeness (QED) is 0.470. The van der Waals surface area contributed by atoms with Crippen molar-refractivity contribution < 1.29 is 9.53 Å². The van der Waals surface area contributed by atoms with Crippen molar-refractivity contribution in [2.24, 2.45) is 0 Å². The first-order valence-electron chi connectivity index (χ1n) is 7.71. The van der Waals surface area contributed by atoms with Crippen LogP contribution in [0.25, 0.3) is 0 Å². The molecule has 0 aromatic heterocycles. The maximum absolute atomic E-state index is 12.1. The lowest BCUT2D eigenvalue weighted by Gasteiger charge is -2.26. The molecule has 1 heterocycles. The van der Waals surface area contributed by atoms with Gasteiger partial charge in [0.2, 0.25) is 0 Å². The van der Waals surface area contributed by atoms with E-state index < -0.39 is 5.91 Å². The molecule has 1 fully saturated rings. The topological polar surface area (TPSA) is 77.4 Å². The maximum Gasteiger partial charge on any atom is 0.267 e. The Bertz CT molecular complexity index is 601. The summed E-state index contributed by atoms with van der Waals surface area (Å²) in [6.45, 7) is 6.82. The van der Waals surface area contributed by atoms with Crippen LogP contribution in [-0.4, -0.2) is 50.2 Å². The Morgan fingerprint density at radius 1 is 1.39 bits per heavy atom. The van der Waals surface area contributed by atoms with Gasteiger partial charge in [0, 0.05) is 38.1 Å². The molecule has 6 nitrogen and oxygen atoms in total. The number of hydrogen-bond donors (Lipinski definition) is 2. The minimum absolute atomic E-state index is 0.0650. The summed E-state index contributed by atoms with van der Waals surface area (Å²) in [4.78, 5) is 14.4. The fourth-order valence-corrected chi connectivity index (χ4v) is 2.27. The van der Waals surface area contributed by atoms with Gasteiger partial charge in [-0.1, -0.05) is 18.2 Å². The number of nitrogens with zero attached hydrogens (tertiary/aromatic N) is 2. The summed E-state index contributed by atoms with van der Waals surface area (Å²) in [5.41, 5.74) is 1.74. The van der Waals surface area contributed by atoms with Gasteiger partial charge in [-0.15, -0.1) is 0 Å². The van der Waals surface area contributed by atoms with E-state index >= 15 is 0 Å². The molecule has 0 unspecified atom stereocenters. The van der Waals surface area contributed by atoms with Crippen molar-refractivity contribution in [1.82, 2.24) is 10.2 Å². The van der Waals surface area contributed by atoms with Crippen LogP contribution >= 0.6 is 0 Å². The highest BCUT2D eigenvalue weighted by Gasteiger charge is 2.11. The number of amides is 1. The first kappa shape index (κ1) is 17.0. The van der Waals surface area contributed by atoms with Crippen LogP contribution in [0.15, 0.2) is 36.0 Å². The first-order chi connectivity index (χ1) is 11.2. The molecule has 23 heavy (non-hydrogen) atoms. The highest BCUT2D eigenvalue weighted by molar-refractivity contribution is 6.06. The predicted octanol–water partition coefficient (Wildman–Crippen LogP) is 1.26. The highest BCUT2D eigenvalue weighted by atomic mass is 16.5. The van der Waals surface area contributed by atoms with Crippen LogP contribution in [0.5, 0.6) is 0 Å². The zero-order valence-corrected chi connectivity index (χ0v) is 13.3. The fraction of sp³-hybridized carbons (Fsp3) is 0.412. The van der Waals surface area contributed by atoms with E-state index in [0.29, 0.717) is 12.2 Å². The number of morpholine rings is 1. The molecule has 2 N–H and O–H groups in total. The molecule has 1 aromatic rings. The van der Waals surface area contributed by atoms with Gasteiger partial charge >= 0.3 is 0 Å². The molecule has 0 aliphatic carbocycles. The van der Waals surface area contributed by atoms with Crippen molar-refractivity contribution >= 4 is 11.6 Å². The van der Waals surface area contributed by atoms with E-state index in [1.165, 1.54) is 6.20 Å². The number of nitriles is 1. The third-order valence-electron chi connectivity index (χ3n) is 3.68. The zero-order chi connectivity index (χ0) is 16.5. The summed E-state index contributed by atoms with van der Waals surface area (Å²) in [6.07, 6.45) is 1.48. The highest BCUT2D eigenvalue weighted by Crippen LogP contribution is 2.13. The van der Waals surface area contributed by atoms with Gasteiger partial charge in [0.05, 0.1) is 13.2 Å². The predicted molar refractivity (Wildman–Crippen MR) is 88.8 cm³/mol. The van der Waals surface area contributed by atoms with Crippen LogP contribution in [0.1, 0.15) is 5.56 Å². The number of nitrogens with one attached hydrogen (secondary N) is 2. The Morgan fingerprint density at radius 3 is 2.83 bits per heavy atom. The molecular weight excluding hydrogens is 292 g/mol. The first-order valence-corrected chi connectivity index (χ1v) is 7.71. The van der Waals surface area contributed by atoms with Crippen LogP contribution < -0.4 is 10.6 Å². The summed E-state index contributed by atoms with van der Waals surface area (Å²) in [5, 5.41) is 14.9. The van der Waals surface area contributed by atoms with Crippen molar-refractivity contribution in [3.63, 3.8) is 0 Å². The van der Waals surface area contributed by atoms with E-state index in [4.69, 9.17) is 10.00 Å². The number of ether oxygens (including phenoxy) is 1. The number of benzene rings is 1. The Labute approximate surface area is 136 Å². The average molecular weight is 314 g/mol. The van der Waals surface area contributed by atoms with Gasteiger partial charge in [0.25, 0.3) is 5.91 Å². The van der Waals surface area contributed by atoms with Gasteiger partial charge < -0.3 is 15.4 Å². The van der Waals surface area contributed by atoms with Crippen molar-refractivity contribution in [2.75, 3.05) is 44.7 Å². The van der Waals surface area contributed by atoms with Gasteiger partial charge in [-0.2, -0.15) is 5.26 Å². The summed E-state index contributed by atoms with van der Waals surface area (Å²) >= 11 is 0. The van der Waals surface area contributed by atoms with Gasteiger partial charge in [-0.05, 0) is 18.6 Å². The van der Waals surface area contributed by atoms with E-state index in [2.05, 4.69) is 15.5 Å². The molecule has 122 valence electrons. The van der Waals surface area contributed by atoms with Gasteiger partial charge in [0.1, 0.15) is 11.6 Å². The number of rotatable bonds is 6. The van der Waals surface area contributed by atoms with Crippen molar-refractivity contribution in [3.05, 3.63) is 41.6 Å². The van der Waals surface area contributed by atoms with Crippen molar-refractivity contribution in [3.8, 4) is 6.07 Å². The third-order valence-corrected chi connectivity index (χ3v) is 3.68. The van der Waals surface area contributed by atoms with Crippen LogP contribution in [0.3, 0.4) is 0 Å². The summed E-state index contributed by atoms with van der Waals surface area (Å²) in [5.74, 6) is -0.402. The molecule has 1 aliphatic rings. The number of para-hydroxylation sites is 1. The van der Waals surface area contributed by atoms with Crippen molar-refractivity contribution in [1.29, 1.82) is 5.26 Å². The number of hydrogen-bond acceptors (Lipinski definition) is 5. The molecule has 1 aromatic carbocycles. The van der Waals surface area contributed by atoms with E-state index in [9.17, 15) is 4.79 Å². The molecule has 1 aliphatic heterocycles. The molecule has 0 spiro atoms. The molecule has 0 radical (unpaired) electrons. The second kappa shape index (κ2) is 8.93. The lowest BCUT2D eigenvalue weighted by atomic mass is 10.2. The van der Waals surface area contributed by atoms with Crippen molar-refractivity contribution in [2.45, 2.75) is 6.92 Å². The number of anilines is 1. The number of aryl methyl sites for hydroxylation is 1. The van der Waals surface area contributed by atoms with Gasteiger partial charge in [-0.3, -0.25) is 9.69 Å². The fourth-order valence-electron chi connectivity index (χ4n) is 2.27. The summed E-state index contributed by atoms with van der Waals surface area (Å²) < 4.78 is 5.29. The Hall–Kier alpha value is -2.36. The number of carbonyl (C=O) groups excluding carboxylic acids is 1. The van der Waals surface area contributed by atoms with Crippen LogP contribution in [-0.2, 0) is 9.53 Å². The van der Waals surface area contributed by atoms with Crippen LogP contribution in [0.4, 0.5) is 5.69 Å². The minimum Gasteiger partial charge on any atom is -0.388 e. The summed E-state index contributed by atoms with van der Waals surface area (Å²) in [7, 11) is 0. The van der Waals surface area contributed by atoms with E-state index in [0.717, 1.165) is 38.4 Å². The average Bonchev–Trinajstić information content (AvgIpc) is 2.58. The molecule has 0 saturated carbocycles. The zero-order valence-electron chi connectivity index (χ0n) is 13.3. The Balaban J connectivity index is 1.82. The molecule has 1 saturated heterocycles. The Morgan fingerprint density at radius 2 is 2.13 bits per heavy atom. The molecule has 2 rings (SSSR count). The second-order valence-electron chi connectivity index (χ2n) is 5.35. The monoisotopic (exact) mass is 314 g/mol. The molecule has 1 amide bonds. The Kier molecular flexibility index (Phi) is 6.60.